The second-order valence-corrected chi connectivity index (χ2v) is 6.03. The van der Waals surface area contributed by atoms with E-state index in [1.807, 2.05) is 6.92 Å². The van der Waals surface area contributed by atoms with E-state index in [-0.39, 0.29) is 6.10 Å². The Bertz CT molecular complexity index is 441. The Morgan fingerprint density at radius 3 is 2.89 bits per heavy atom. The third kappa shape index (κ3) is 2.42. The summed E-state index contributed by atoms with van der Waals surface area (Å²) in [6.45, 7) is 6.81. The van der Waals surface area contributed by atoms with Crippen LogP contribution in [-0.2, 0) is 16.0 Å². The molecule has 1 aliphatic rings. The molecule has 5 heteroatoms. The third-order valence-electron chi connectivity index (χ3n) is 3.23. The predicted octanol–water partition coefficient (Wildman–Crippen LogP) is 2.99. The summed E-state index contributed by atoms with van der Waals surface area (Å²) < 4.78 is 5.72. The minimum Gasteiger partial charge on any atom is -0.481 e. The number of hydrogen-bond donors (Lipinski definition) is 1. The Morgan fingerprint density at radius 1 is 1.61 bits per heavy atom. The standard InChI is InChI=1S/C13H19NO3S/c1-4-17-11(7(2)3)12-14-10-8(13(15)16)5-6-9(10)18-12/h7-8,11H,4-6H2,1-3H3,(H,15,16). The summed E-state index contributed by atoms with van der Waals surface area (Å²) in [7, 11) is 0. The molecule has 0 radical (unpaired) electrons. The molecule has 0 saturated heterocycles. The van der Waals surface area contributed by atoms with Gasteiger partial charge in [-0.15, -0.1) is 11.3 Å². The largest absolute Gasteiger partial charge is 0.481 e. The molecular formula is C13H19NO3S. The molecule has 0 saturated carbocycles. The van der Waals surface area contributed by atoms with Gasteiger partial charge in [-0.05, 0) is 25.7 Å². The van der Waals surface area contributed by atoms with Crippen molar-refractivity contribution in [1.29, 1.82) is 0 Å². The second-order valence-electron chi connectivity index (χ2n) is 4.91. The summed E-state index contributed by atoms with van der Waals surface area (Å²) in [5.41, 5.74) is 0.771. The zero-order valence-electron chi connectivity index (χ0n) is 11.0. The van der Waals surface area contributed by atoms with Crippen molar-refractivity contribution in [2.75, 3.05) is 6.61 Å². The number of ether oxygens (including phenoxy) is 1. The van der Waals surface area contributed by atoms with Crippen molar-refractivity contribution in [2.45, 2.75) is 45.6 Å². The fraction of sp³-hybridized carbons (Fsp3) is 0.692. The molecule has 4 nitrogen and oxygen atoms in total. The van der Waals surface area contributed by atoms with Gasteiger partial charge >= 0.3 is 5.97 Å². The van der Waals surface area contributed by atoms with Crippen LogP contribution in [0.3, 0.4) is 0 Å². The SMILES string of the molecule is CCOC(c1nc2c(s1)CCC2C(=O)O)C(C)C. The molecule has 1 aromatic heterocycles. The molecule has 2 atom stereocenters. The van der Waals surface area contributed by atoms with Gasteiger partial charge in [0.15, 0.2) is 0 Å². The first-order chi connectivity index (χ1) is 8.54. The molecule has 0 amide bonds. The fourth-order valence-corrected chi connectivity index (χ4v) is 3.70. The Morgan fingerprint density at radius 2 is 2.33 bits per heavy atom. The van der Waals surface area contributed by atoms with Crippen LogP contribution in [0.15, 0.2) is 0 Å². The van der Waals surface area contributed by atoms with Gasteiger partial charge in [0.05, 0.1) is 5.69 Å². The molecule has 1 aliphatic carbocycles. The predicted molar refractivity (Wildman–Crippen MR) is 70.0 cm³/mol. The Labute approximate surface area is 111 Å². The van der Waals surface area contributed by atoms with Crippen LogP contribution in [0.2, 0.25) is 0 Å². The third-order valence-corrected chi connectivity index (χ3v) is 4.42. The fourth-order valence-electron chi connectivity index (χ4n) is 2.34. The summed E-state index contributed by atoms with van der Waals surface area (Å²) in [5.74, 6) is -0.831. The molecule has 2 rings (SSSR count). The number of carboxylic acid groups (broad SMARTS) is 1. The first-order valence-electron chi connectivity index (χ1n) is 6.38. The van der Waals surface area contributed by atoms with E-state index >= 15 is 0 Å². The lowest BCUT2D eigenvalue weighted by Crippen LogP contribution is -2.13. The van der Waals surface area contributed by atoms with Gasteiger partial charge in [-0.2, -0.15) is 0 Å². The van der Waals surface area contributed by atoms with E-state index in [9.17, 15) is 4.79 Å². The number of aliphatic carboxylic acids is 1. The molecule has 0 aromatic carbocycles. The molecule has 100 valence electrons. The van der Waals surface area contributed by atoms with E-state index in [1.54, 1.807) is 11.3 Å². The topological polar surface area (TPSA) is 59.4 Å². The average molecular weight is 269 g/mol. The van der Waals surface area contributed by atoms with Crippen LogP contribution < -0.4 is 0 Å². The zero-order chi connectivity index (χ0) is 13.3. The van der Waals surface area contributed by atoms with Gasteiger partial charge < -0.3 is 9.84 Å². The number of rotatable bonds is 5. The van der Waals surface area contributed by atoms with Crippen molar-refractivity contribution >= 4 is 17.3 Å². The van der Waals surface area contributed by atoms with Gasteiger partial charge in [-0.25, -0.2) is 4.98 Å². The lowest BCUT2D eigenvalue weighted by molar-refractivity contribution is -0.138. The van der Waals surface area contributed by atoms with Crippen LogP contribution >= 0.6 is 11.3 Å². The molecule has 2 unspecified atom stereocenters. The number of thiazole rings is 1. The first-order valence-corrected chi connectivity index (χ1v) is 7.20. The van der Waals surface area contributed by atoms with Crippen LogP contribution in [0.5, 0.6) is 0 Å². The van der Waals surface area contributed by atoms with Crippen molar-refractivity contribution in [2.24, 2.45) is 5.92 Å². The molecular weight excluding hydrogens is 250 g/mol. The van der Waals surface area contributed by atoms with Crippen molar-refractivity contribution in [1.82, 2.24) is 4.98 Å². The maximum Gasteiger partial charge on any atom is 0.312 e. The first kappa shape index (κ1) is 13.5. The molecule has 1 heterocycles. The number of aryl methyl sites for hydroxylation is 1. The van der Waals surface area contributed by atoms with E-state index in [0.29, 0.717) is 18.9 Å². The van der Waals surface area contributed by atoms with Crippen molar-refractivity contribution in [3.63, 3.8) is 0 Å². The highest BCUT2D eigenvalue weighted by Crippen LogP contribution is 2.40. The minimum atomic E-state index is -0.761. The van der Waals surface area contributed by atoms with Gasteiger partial charge in [-0.3, -0.25) is 4.79 Å². The smallest absolute Gasteiger partial charge is 0.312 e. The van der Waals surface area contributed by atoms with E-state index in [4.69, 9.17) is 9.84 Å². The highest BCUT2D eigenvalue weighted by Gasteiger charge is 2.34. The van der Waals surface area contributed by atoms with Gasteiger partial charge in [0.2, 0.25) is 0 Å². The quantitative estimate of drug-likeness (QED) is 0.892. The summed E-state index contributed by atoms with van der Waals surface area (Å²) >= 11 is 1.62. The van der Waals surface area contributed by atoms with Crippen LogP contribution in [0.25, 0.3) is 0 Å². The maximum absolute atomic E-state index is 11.1. The normalized spacial score (nSPS) is 20.1. The Hall–Kier alpha value is -0.940. The number of hydrogen-bond acceptors (Lipinski definition) is 4. The van der Waals surface area contributed by atoms with Gasteiger partial charge in [0, 0.05) is 11.5 Å². The monoisotopic (exact) mass is 269 g/mol. The zero-order valence-corrected chi connectivity index (χ0v) is 11.8. The van der Waals surface area contributed by atoms with Crippen LogP contribution in [0.4, 0.5) is 0 Å². The maximum atomic E-state index is 11.1. The number of nitrogens with zero attached hydrogens (tertiary/aromatic N) is 1. The number of aromatic nitrogens is 1. The summed E-state index contributed by atoms with van der Waals surface area (Å²) in [6.07, 6.45) is 1.51. The van der Waals surface area contributed by atoms with Crippen molar-refractivity contribution in [3.8, 4) is 0 Å². The van der Waals surface area contributed by atoms with Gasteiger partial charge in [-0.1, -0.05) is 13.8 Å². The highest BCUT2D eigenvalue weighted by molar-refractivity contribution is 7.11. The van der Waals surface area contributed by atoms with Crippen LogP contribution in [0.1, 0.15) is 54.8 Å². The lowest BCUT2D eigenvalue weighted by Gasteiger charge is -2.18. The van der Waals surface area contributed by atoms with E-state index < -0.39 is 11.9 Å². The Kier molecular flexibility index (Phi) is 4.02. The number of carbonyl (C=O) groups is 1. The molecule has 0 fully saturated rings. The lowest BCUT2D eigenvalue weighted by atomic mass is 10.1. The second kappa shape index (κ2) is 5.36. The highest BCUT2D eigenvalue weighted by atomic mass is 32.1. The van der Waals surface area contributed by atoms with E-state index in [2.05, 4.69) is 18.8 Å². The van der Waals surface area contributed by atoms with Crippen LogP contribution in [-0.4, -0.2) is 22.7 Å². The van der Waals surface area contributed by atoms with Crippen molar-refractivity contribution in [3.05, 3.63) is 15.6 Å². The molecule has 1 aromatic rings. The minimum absolute atomic E-state index is 0.0138. The molecule has 0 aliphatic heterocycles. The molecule has 1 N–H and O–H groups in total. The summed E-state index contributed by atoms with van der Waals surface area (Å²) in [4.78, 5) is 16.8. The number of fused-ring (bicyclic) bond motifs is 1. The summed E-state index contributed by atoms with van der Waals surface area (Å²) in [5, 5.41) is 10.1. The van der Waals surface area contributed by atoms with Crippen LogP contribution in [0, 0.1) is 5.92 Å². The summed E-state index contributed by atoms with van der Waals surface area (Å²) in [6, 6.07) is 0. The molecule has 0 bridgehead atoms. The van der Waals surface area contributed by atoms with Gasteiger partial charge in [0.1, 0.15) is 17.0 Å². The van der Waals surface area contributed by atoms with Crippen molar-refractivity contribution < 1.29 is 14.6 Å². The van der Waals surface area contributed by atoms with E-state index in [1.165, 1.54) is 0 Å². The molecule has 18 heavy (non-hydrogen) atoms. The van der Waals surface area contributed by atoms with E-state index in [0.717, 1.165) is 22.0 Å². The number of carboxylic acids is 1. The molecule has 0 spiro atoms. The van der Waals surface area contributed by atoms with Gasteiger partial charge in [0.25, 0.3) is 0 Å². The Balaban J connectivity index is 2.27. The average Bonchev–Trinajstić information content (AvgIpc) is 2.83.